The largest absolute Gasteiger partial charge is 0.393 e. The van der Waals surface area contributed by atoms with Gasteiger partial charge in [0.15, 0.2) is 5.78 Å². The summed E-state index contributed by atoms with van der Waals surface area (Å²) in [5, 5.41) is 21.5. The molecule has 1 atom stereocenters. The summed E-state index contributed by atoms with van der Waals surface area (Å²) in [6.07, 6.45) is -0.336. The van der Waals surface area contributed by atoms with Gasteiger partial charge in [0.2, 0.25) is 0 Å². The van der Waals surface area contributed by atoms with Gasteiger partial charge < -0.3 is 20.4 Å². The minimum atomic E-state index is -1.65. The molecule has 0 spiro atoms. The molecule has 0 amide bonds. The Morgan fingerprint density at radius 3 is 2.84 bits per heavy atom. The van der Waals surface area contributed by atoms with Crippen LogP contribution in [-0.2, 0) is 4.79 Å². The first kappa shape index (κ1) is 18.0. The first-order valence-corrected chi connectivity index (χ1v) is 8.64. The molecule has 0 aliphatic carbocycles. The molecule has 2 heterocycles. The van der Waals surface area contributed by atoms with Gasteiger partial charge in [0.1, 0.15) is 17.7 Å². The average Bonchev–Trinajstić information content (AvgIpc) is 3.03. The van der Waals surface area contributed by atoms with E-state index < -0.39 is 30.1 Å². The van der Waals surface area contributed by atoms with Crippen molar-refractivity contribution in [2.45, 2.75) is 18.9 Å². The number of nitrogens with zero attached hydrogens (tertiary/aromatic N) is 1. The van der Waals surface area contributed by atoms with Crippen LogP contribution in [-0.4, -0.2) is 46.7 Å². The van der Waals surface area contributed by atoms with Crippen molar-refractivity contribution < 1.29 is 23.8 Å². The van der Waals surface area contributed by atoms with E-state index in [1.54, 1.807) is 11.0 Å². The maximum atomic E-state index is 14.7. The number of benzene rings is 1. The van der Waals surface area contributed by atoms with Gasteiger partial charge in [-0.3, -0.25) is 4.79 Å². The number of carbonyl (C=O) groups is 1. The highest BCUT2D eigenvalue weighted by Crippen LogP contribution is 2.37. The Kier molecular flexibility index (Phi) is 5.21. The van der Waals surface area contributed by atoms with Crippen LogP contribution in [0.4, 0.5) is 14.5 Å². The number of rotatable bonds is 5. The first-order valence-electron chi connectivity index (χ1n) is 7.84. The van der Waals surface area contributed by atoms with Crippen LogP contribution in [0, 0.1) is 5.82 Å². The molecule has 1 fully saturated rings. The lowest BCUT2D eigenvalue weighted by Crippen LogP contribution is -2.35. The number of aliphatic hydroxyl groups is 2. The second-order valence-corrected chi connectivity index (χ2v) is 6.85. The van der Waals surface area contributed by atoms with Gasteiger partial charge in [-0.2, -0.15) is 0 Å². The fourth-order valence-electron chi connectivity index (χ4n) is 3.09. The lowest BCUT2D eigenvalue weighted by Gasteiger charge is -2.30. The Morgan fingerprint density at radius 2 is 2.16 bits per heavy atom. The number of hydrogen-bond donors (Lipinski definition) is 3. The van der Waals surface area contributed by atoms with E-state index in [0.29, 0.717) is 23.1 Å². The summed E-state index contributed by atoms with van der Waals surface area (Å²) in [6.45, 7) is -0.173. The van der Waals surface area contributed by atoms with Crippen LogP contribution >= 0.6 is 15.9 Å². The molecule has 0 bridgehead atoms. The Morgan fingerprint density at radius 1 is 1.40 bits per heavy atom. The number of allylic oxidation sites excluding steroid dienone is 2. The number of fused-ring (bicyclic) bond motifs is 1. The van der Waals surface area contributed by atoms with Gasteiger partial charge in [0, 0.05) is 16.7 Å². The lowest BCUT2D eigenvalue weighted by molar-refractivity contribution is -0.125. The van der Waals surface area contributed by atoms with Crippen molar-refractivity contribution in [3.8, 4) is 0 Å². The van der Waals surface area contributed by atoms with Crippen LogP contribution in [0.2, 0.25) is 0 Å². The molecule has 0 radical (unpaired) electrons. The number of ketones is 1. The molecule has 1 unspecified atom stereocenters. The lowest BCUT2D eigenvalue weighted by atomic mass is 9.96. The molecule has 2 aliphatic rings. The van der Waals surface area contributed by atoms with Gasteiger partial charge in [-0.05, 0) is 31.0 Å². The molecule has 3 N–H and O–H groups in total. The molecule has 134 valence electrons. The van der Waals surface area contributed by atoms with Crippen LogP contribution in [0.3, 0.4) is 0 Å². The summed E-state index contributed by atoms with van der Waals surface area (Å²) in [5.41, 5.74) is 0.458. The van der Waals surface area contributed by atoms with Crippen molar-refractivity contribution in [2.75, 3.05) is 25.0 Å². The number of aliphatic hydroxyl groups excluding tert-OH is 2. The van der Waals surface area contributed by atoms with Crippen molar-refractivity contribution >= 4 is 27.4 Å². The highest BCUT2D eigenvalue weighted by Gasteiger charge is 2.36. The molecule has 0 aromatic heterocycles. The molecular formula is C17H17BrF2N2O3. The Labute approximate surface area is 151 Å². The Hall–Kier alpha value is -1.77. The molecular weight excluding hydrogens is 398 g/mol. The van der Waals surface area contributed by atoms with Crippen LogP contribution < -0.4 is 5.32 Å². The number of carbonyl (C=O) groups excluding carboxylic acids is 1. The van der Waals surface area contributed by atoms with Gasteiger partial charge in [0.05, 0.1) is 30.1 Å². The van der Waals surface area contributed by atoms with Gasteiger partial charge in [-0.15, -0.1) is 0 Å². The SMILES string of the molecule is O=C(C1=C2CCCN2CC(F)=C1Nc1ccc(Br)cc1F)C(O)CO. The van der Waals surface area contributed by atoms with E-state index in [2.05, 4.69) is 21.2 Å². The number of hydrogen-bond acceptors (Lipinski definition) is 5. The summed E-state index contributed by atoms with van der Waals surface area (Å²) in [6, 6.07) is 4.24. The van der Waals surface area contributed by atoms with Crippen molar-refractivity contribution in [3.63, 3.8) is 0 Å². The van der Waals surface area contributed by atoms with Gasteiger partial charge in [-0.25, -0.2) is 8.78 Å². The highest BCUT2D eigenvalue weighted by atomic mass is 79.9. The standard InChI is InChI=1S/C17H17BrF2N2O3/c18-9-3-4-12(10(19)6-9)21-16-11(20)7-22-5-1-2-13(22)15(16)17(25)14(24)8-23/h3-4,6,14,21,23-24H,1-2,5,7-8H2. The summed E-state index contributed by atoms with van der Waals surface area (Å²) < 4.78 is 29.3. The zero-order valence-corrected chi connectivity index (χ0v) is 14.8. The topological polar surface area (TPSA) is 72.8 Å². The molecule has 2 aliphatic heterocycles. The second kappa shape index (κ2) is 7.23. The maximum Gasteiger partial charge on any atom is 0.197 e. The minimum Gasteiger partial charge on any atom is -0.393 e. The second-order valence-electron chi connectivity index (χ2n) is 5.94. The predicted octanol–water partition coefficient (Wildman–Crippen LogP) is 2.47. The number of nitrogens with one attached hydrogen (secondary N) is 1. The van der Waals surface area contributed by atoms with Crippen LogP contribution in [0.1, 0.15) is 12.8 Å². The minimum absolute atomic E-state index is 0.0121. The van der Waals surface area contributed by atoms with Crippen molar-refractivity contribution in [2.24, 2.45) is 0 Å². The van der Waals surface area contributed by atoms with E-state index >= 15 is 0 Å². The number of Topliss-reactive ketones (excluding diaryl/α,β-unsaturated/α-hetero) is 1. The van der Waals surface area contributed by atoms with Crippen LogP contribution in [0.15, 0.2) is 45.5 Å². The molecule has 5 nitrogen and oxygen atoms in total. The molecule has 1 aromatic carbocycles. The Bertz CT molecular complexity index is 779. The van der Waals surface area contributed by atoms with Crippen molar-refractivity contribution in [1.29, 1.82) is 0 Å². The third kappa shape index (κ3) is 3.47. The molecule has 0 saturated carbocycles. The fraction of sp³-hybridized carbons (Fsp3) is 0.353. The van der Waals surface area contributed by atoms with Crippen LogP contribution in [0.5, 0.6) is 0 Å². The zero-order chi connectivity index (χ0) is 18.1. The summed E-state index contributed by atoms with van der Waals surface area (Å²) in [4.78, 5) is 14.3. The van der Waals surface area contributed by atoms with E-state index in [-0.39, 0.29) is 23.5 Å². The fourth-order valence-corrected chi connectivity index (χ4v) is 3.42. The molecule has 3 rings (SSSR count). The van der Waals surface area contributed by atoms with E-state index in [1.165, 1.54) is 12.1 Å². The van der Waals surface area contributed by atoms with Crippen molar-refractivity contribution in [1.82, 2.24) is 4.90 Å². The summed E-state index contributed by atoms with van der Waals surface area (Å²) >= 11 is 3.15. The van der Waals surface area contributed by atoms with Gasteiger partial charge >= 0.3 is 0 Å². The molecule has 1 saturated heterocycles. The molecule has 25 heavy (non-hydrogen) atoms. The zero-order valence-electron chi connectivity index (χ0n) is 13.2. The van der Waals surface area contributed by atoms with Crippen LogP contribution in [0.25, 0.3) is 0 Å². The van der Waals surface area contributed by atoms with E-state index in [1.807, 2.05) is 0 Å². The Balaban J connectivity index is 2.04. The normalized spacial score (nSPS) is 18.5. The number of anilines is 1. The number of halogens is 3. The monoisotopic (exact) mass is 414 g/mol. The maximum absolute atomic E-state index is 14.7. The molecule has 8 heteroatoms. The first-order chi connectivity index (χ1) is 11.9. The van der Waals surface area contributed by atoms with E-state index in [9.17, 15) is 18.7 Å². The molecule has 1 aromatic rings. The van der Waals surface area contributed by atoms with Gasteiger partial charge in [0.25, 0.3) is 0 Å². The highest BCUT2D eigenvalue weighted by molar-refractivity contribution is 9.10. The predicted molar refractivity (Wildman–Crippen MR) is 91.8 cm³/mol. The van der Waals surface area contributed by atoms with E-state index in [4.69, 9.17) is 5.11 Å². The van der Waals surface area contributed by atoms with Gasteiger partial charge in [-0.1, -0.05) is 15.9 Å². The third-order valence-electron chi connectivity index (χ3n) is 4.28. The smallest absolute Gasteiger partial charge is 0.197 e. The third-order valence-corrected chi connectivity index (χ3v) is 4.77. The van der Waals surface area contributed by atoms with E-state index in [0.717, 1.165) is 6.42 Å². The summed E-state index contributed by atoms with van der Waals surface area (Å²) in [5.74, 6) is -2.00. The quantitative estimate of drug-likeness (QED) is 0.690. The average molecular weight is 415 g/mol. The van der Waals surface area contributed by atoms with Crippen molar-refractivity contribution in [3.05, 3.63) is 51.3 Å². The summed E-state index contributed by atoms with van der Waals surface area (Å²) in [7, 11) is 0.